The maximum absolute atomic E-state index is 5.27. The van der Waals surface area contributed by atoms with Crippen LogP contribution in [0.1, 0.15) is 19.8 Å². The highest BCUT2D eigenvalue weighted by molar-refractivity contribution is 4.82. The van der Waals surface area contributed by atoms with Gasteiger partial charge in [-0.05, 0) is 32.5 Å². The fourth-order valence-corrected chi connectivity index (χ4v) is 2.15. The van der Waals surface area contributed by atoms with Gasteiger partial charge in [0, 0.05) is 18.5 Å². The van der Waals surface area contributed by atoms with E-state index in [2.05, 4.69) is 17.1 Å². The van der Waals surface area contributed by atoms with Gasteiger partial charge in [0.2, 0.25) is 0 Å². The molecular formula is C11H22N2O. The lowest BCUT2D eigenvalue weighted by molar-refractivity contribution is -0.108. The van der Waals surface area contributed by atoms with Crippen molar-refractivity contribution >= 4 is 0 Å². The molecule has 0 aromatic heterocycles. The lowest BCUT2D eigenvalue weighted by Gasteiger charge is -2.39. The molecule has 2 heterocycles. The summed E-state index contributed by atoms with van der Waals surface area (Å²) in [7, 11) is 0. The molecule has 0 aliphatic carbocycles. The summed E-state index contributed by atoms with van der Waals surface area (Å²) >= 11 is 0. The molecule has 0 unspecified atom stereocenters. The Morgan fingerprint density at radius 1 is 1.29 bits per heavy atom. The van der Waals surface area contributed by atoms with Crippen molar-refractivity contribution in [1.29, 1.82) is 0 Å². The van der Waals surface area contributed by atoms with Gasteiger partial charge in [-0.2, -0.15) is 0 Å². The van der Waals surface area contributed by atoms with Gasteiger partial charge in [0.05, 0.1) is 13.2 Å². The van der Waals surface area contributed by atoms with Crippen molar-refractivity contribution < 1.29 is 4.74 Å². The number of nitrogens with one attached hydrogen (secondary N) is 1. The van der Waals surface area contributed by atoms with E-state index < -0.39 is 0 Å². The zero-order valence-corrected chi connectivity index (χ0v) is 9.22. The quantitative estimate of drug-likeness (QED) is 0.723. The van der Waals surface area contributed by atoms with E-state index in [1.54, 1.807) is 0 Å². The van der Waals surface area contributed by atoms with Gasteiger partial charge in [-0.15, -0.1) is 0 Å². The molecule has 0 amide bonds. The number of ether oxygens (including phenoxy) is 1. The topological polar surface area (TPSA) is 24.5 Å². The monoisotopic (exact) mass is 198 g/mol. The summed E-state index contributed by atoms with van der Waals surface area (Å²) in [5, 5.41) is 3.44. The minimum atomic E-state index is 0.486. The molecule has 3 heteroatoms. The fraction of sp³-hybridized carbons (Fsp3) is 1.00. The van der Waals surface area contributed by atoms with E-state index in [0.29, 0.717) is 5.41 Å². The summed E-state index contributed by atoms with van der Waals surface area (Å²) in [6.07, 6.45) is 2.60. The highest BCUT2D eigenvalue weighted by atomic mass is 16.5. The minimum Gasteiger partial charge on any atom is -0.380 e. The smallest absolute Gasteiger partial charge is 0.0542 e. The number of nitrogens with zero attached hydrogens (tertiary/aromatic N) is 1. The molecular weight excluding hydrogens is 176 g/mol. The number of hydrogen-bond acceptors (Lipinski definition) is 3. The van der Waals surface area contributed by atoms with Crippen molar-refractivity contribution in [3.63, 3.8) is 0 Å². The Labute approximate surface area is 86.8 Å². The third-order valence-corrected chi connectivity index (χ3v) is 3.37. The summed E-state index contributed by atoms with van der Waals surface area (Å²) in [6, 6.07) is 0. The second-order valence-corrected chi connectivity index (χ2v) is 5.00. The minimum absolute atomic E-state index is 0.486. The Kier molecular flexibility index (Phi) is 3.42. The molecule has 14 heavy (non-hydrogen) atoms. The van der Waals surface area contributed by atoms with E-state index in [9.17, 15) is 0 Å². The van der Waals surface area contributed by atoms with Crippen molar-refractivity contribution in [2.45, 2.75) is 19.8 Å². The van der Waals surface area contributed by atoms with E-state index >= 15 is 0 Å². The van der Waals surface area contributed by atoms with Gasteiger partial charge in [0.15, 0.2) is 0 Å². The molecule has 0 saturated carbocycles. The van der Waals surface area contributed by atoms with Crippen LogP contribution in [0.4, 0.5) is 0 Å². The Hall–Kier alpha value is -0.120. The lowest BCUT2D eigenvalue weighted by Crippen LogP contribution is -2.43. The summed E-state index contributed by atoms with van der Waals surface area (Å²) in [6.45, 7) is 10.4. The van der Waals surface area contributed by atoms with E-state index in [-0.39, 0.29) is 0 Å². The predicted octanol–water partition coefficient (Wildman–Crippen LogP) is 0.708. The van der Waals surface area contributed by atoms with E-state index in [1.807, 2.05) is 0 Å². The van der Waals surface area contributed by atoms with Gasteiger partial charge in [0.1, 0.15) is 0 Å². The molecule has 2 rings (SSSR count). The standard InChI is InChI=1S/C11H22N2O/c1-11(9-14-10-11)3-7-13-6-2-4-12-5-8-13/h12H,2-10H2,1H3. The van der Waals surface area contributed by atoms with Crippen LogP contribution < -0.4 is 5.32 Å². The zero-order valence-electron chi connectivity index (χ0n) is 9.22. The van der Waals surface area contributed by atoms with Gasteiger partial charge < -0.3 is 15.0 Å². The zero-order chi connectivity index (χ0) is 9.86. The summed E-state index contributed by atoms with van der Waals surface area (Å²) in [5.74, 6) is 0. The molecule has 2 aliphatic rings. The Morgan fingerprint density at radius 2 is 2.14 bits per heavy atom. The molecule has 2 saturated heterocycles. The van der Waals surface area contributed by atoms with Crippen molar-refractivity contribution in [3.8, 4) is 0 Å². The molecule has 0 spiro atoms. The first kappa shape index (κ1) is 10.4. The normalized spacial score (nSPS) is 28.1. The van der Waals surface area contributed by atoms with Crippen LogP contribution in [0.25, 0.3) is 0 Å². The Bertz CT molecular complexity index is 172. The van der Waals surface area contributed by atoms with Crippen LogP contribution in [0.5, 0.6) is 0 Å². The maximum atomic E-state index is 5.27. The van der Waals surface area contributed by atoms with Crippen molar-refractivity contribution in [2.75, 3.05) is 45.9 Å². The largest absolute Gasteiger partial charge is 0.380 e. The van der Waals surface area contributed by atoms with Gasteiger partial charge in [-0.1, -0.05) is 6.92 Å². The van der Waals surface area contributed by atoms with Crippen LogP contribution in [-0.4, -0.2) is 50.8 Å². The maximum Gasteiger partial charge on any atom is 0.0542 e. The summed E-state index contributed by atoms with van der Waals surface area (Å²) in [5.41, 5.74) is 0.486. The van der Waals surface area contributed by atoms with Gasteiger partial charge in [0.25, 0.3) is 0 Å². The van der Waals surface area contributed by atoms with Crippen molar-refractivity contribution in [2.24, 2.45) is 5.41 Å². The first-order chi connectivity index (χ1) is 6.79. The molecule has 1 N–H and O–H groups in total. The van der Waals surface area contributed by atoms with Crippen LogP contribution in [0.2, 0.25) is 0 Å². The molecule has 3 nitrogen and oxygen atoms in total. The van der Waals surface area contributed by atoms with Crippen molar-refractivity contribution in [3.05, 3.63) is 0 Å². The van der Waals surface area contributed by atoms with E-state index in [1.165, 1.54) is 39.0 Å². The molecule has 2 aliphatic heterocycles. The predicted molar refractivity (Wildman–Crippen MR) is 57.5 cm³/mol. The van der Waals surface area contributed by atoms with Crippen LogP contribution in [0, 0.1) is 5.41 Å². The molecule has 0 aromatic carbocycles. The average Bonchev–Trinajstić information content (AvgIpc) is 2.40. The first-order valence-electron chi connectivity index (χ1n) is 5.79. The van der Waals surface area contributed by atoms with Crippen LogP contribution >= 0.6 is 0 Å². The third kappa shape index (κ3) is 2.69. The summed E-state index contributed by atoms with van der Waals surface area (Å²) in [4.78, 5) is 2.59. The van der Waals surface area contributed by atoms with Crippen LogP contribution in [0.15, 0.2) is 0 Å². The van der Waals surface area contributed by atoms with E-state index in [4.69, 9.17) is 4.74 Å². The Balaban J connectivity index is 1.68. The van der Waals surface area contributed by atoms with E-state index in [0.717, 1.165) is 19.8 Å². The lowest BCUT2D eigenvalue weighted by atomic mass is 9.85. The highest BCUT2D eigenvalue weighted by Gasteiger charge is 2.33. The second-order valence-electron chi connectivity index (χ2n) is 5.00. The highest BCUT2D eigenvalue weighted by Crippen LogP contribution is 2.30. The molecule has 0 atom stereocenters. The molecule has 0 bridgehead atoms. The van der Waals surface area contributed by atoms with Crippen LogP contribution in [0.3, 0.4) is 0 Å². The fourth-order valence-electron chi connectivity index (χ4n) is 2.15. The number of hydrogen-bond donors (Lipinski definition) is 1. The third-order valence-electron chi connectivity index (χ3n) is 3.37. The Morgan fingerprint density at radius 3 is 2.86 bits per heavy atom. The SMILES string of the molecule is CC1(CCN2CCCNCC2)COC1. The van der Waals surface area contributed by atoms with Gasteiger partial charge in [-0.3, -0.25) is 0 Å². The average molecular weight is 198 g/mol. The number of rotatable bonds is 3. The van der Waals surface area contributed by atoms with Crippen molar-refractivity contribution in [1.82, 2.24) is 10.2 Å². The van der Waals surface area contributed by atoms with Gasteiger partial charge >= 0.3 is 0 Å². The molecule has 82 valence electrons. The molecule has 2 fully saturated rings. The van der Waals surface area contributed by atoms with Crippen LogP contribution in [-0.2, 0) is 4.74 Å². The summed E-state index contributed by atoms with van der Waals surface area (Å²) < 4.78 is 5.27. The molecule has 0 radical (unpaired) electrons. The first-order valence-corrected chi connectivity index (χ1v) is 5.79. The molecule has 0 aromatic rings. The van der Waals surface area contributed by atoms with Gasteiger partial charge in [-0.25, -0.2) is 0 Å². The second kappa shape index (κ2) is 4.60.